The lowest BCUT2D eigenvalue weighted by atomic mass is 10.1. The SMILES string of the molecule is Cc1ccc(CCCNC(=O)CN(c2cccc(C(F)(F)F)c2)S(C)(=O)=O)cc1. The van der Waals surface area contributed by atoms with E-state index in [0.29, 0.717) is 23.3 Å². The van der Waals surface area contributed by atoms with E-state index in [4.69, 9.17) is 0 Å². The van der Waals surface area contributed by atoms with Crippen molar-refractivity contribution in [3.63, 3.8) is 0 Å². The van der Waals surface area contributed by atoms with Gasteiger partial charge in [-0.05, 0) is 43.5 Å². The summed E-state index contributed by atoms with van der Waals surface area (Å²) in [6.07, 6.45) is -2.38. The van der Waals surface area contributed by atoms with Crippen molar-refractivity contribution in [2.75, 3.05) is 23.7 Å². The molecule has 9 heteroatoms. The van der Waals surface area contributed by atoms with E-state index < -0.39 is 34.2 Å². The van der Waals surface area contributed by atoms with Crippen molar-refractivity contribution in [1.82, 2.24) is 5.32 Å². The fourth-order valence-electron chi connectivity index (χ4n) is 2.70. The smallest absolute Gasteiger partial charge is 0.355 e. The molecule has 0 saturated heterocycles. The van der Waals surface area contributed by atoms with Crippen LogP contribution in [-0.4, -0.2) is 33.7 Å². The van der Waals surface area contributed by atoms with Gasteiger partial charge in [-0.2, -0.15) is 13.2 Å². The van der Waals surface area contributed by atoms with Crippen molar-refractivity contribution in [2.45, 2.75) is 25.9 Å². The second kappa shape index (κ2) is 9.30. The predicted octanol–water partition coefficient (Wildman–Crippen LogP) is 3.53. The lowest BCUT2D eigenvalue weighted by molar-refractivity contribution is -0.137. The molecule has 0 aliphatic heterocycles. The third-order valence-electron chi connectivity index (χ3n) is 4.23. The Labute approximate surface area is 168 Å². The van der Waals surface area contributed by atoms with E-state index in [9.17, 15) is 26.4 Å². The van der Waals surface area contributed by atoms with Gasteiger partial charge < -0.3 is 5.32 Å². The number of hydrogen-bond acceptors (Lipinski definition) is 3. The Morgan fingerprint density at radius 1 is 1.10 bits per heavy atom. The minimum absolute atomic E-state index is 0.211. The van der Waals surface area contributed by atoms with Crippen molar-refractivity contribution in [3.05, 3.63) is 65.2 Å². The van der Waals surface area contributed by atoms with Crippen molar-refractivity contribution in [3.8, 4) is 0 Å². The zero-order valence-corrected chi connectivity index (χ0v) is 17.0. The Balaban J connectivity index is 1.98. The molecule has 0 spiro atoms. The van der Waals surface area contributed by atoms with Crippen molar-refractivity contribution in [1.29, 1.82) is 0 Å². The van der Waals surface area contributed by atoms with E-state index in [2.05, 4.69) is 5.32 Å². The van der Waals surface area contributed by atoms with Crippen LogP contribution in [0.1, 0.15) is 23.1 Å². The normalized spacial score (nSPS) is 11.9. The lowest BCUT2D eigenvalue weighted by Gasteiger charge is -2.22. The van der Waals surface area contributed by atoms with Gasteiger partial charge in [0.25, 0.3) is 0 Å². The molecule has 158 valence electrons. The fraction of sp³-hybridized carbons (Fsp3) is 0.350. The molecular formula is C20H23F3N2O3S. The maximum absolute atomic E-state index is 12.9. The maximum Gasteiger partial charge on any atom is 0.416 e. The van der Waals surface area contributed by atoms with Crippen LogP contribution in [0, 0.1) is 6.92 Å². The predicted molar refractivity (Wildman–Crippen MR) is 106 cm³/mol. The highest BCUT2D eigenvalue weighted by molar-refractivity contribution is 7.92. The molecule has 2 aromatic rings. The third kappa shape index (κ3) is 7.08. The number of carbonyl (C=O) groups excluding carboxylic acids is 1. The molecule has 0 saturated carbocycles. The molecule has 0 bridgehead atoms. The van der Waals surface area contributed by atoms with Gasteiger partial charge in [0.05, 0.1) is 17.5 Å². The molecule has 0 fully saturated rings. The molecule has 29 heavy (non-hydrogen) atoms. The molecule has 0 aliphatic rings. The number of halogens is 3. The van der Waals surface area contributed by atoms with Crippen molar-refractivity contribution in [2.24, 2.45) is 0 Å². The monoisotopic (exact) mass is 428 g/mol. The topological polar surface area (TPSA) is 66.5 Å². The van der Waals surface area contributed by atoms with Gasteiger partial charge in [0.2, 0.25) is 15.9 Å². The van der Waals surface area contributed by atoms with Crippen LogP contribution in [0.3, 0.4) is 0 Å². The van der Waals surface area contributed by atoms with Crippen molar-refractivity contribution >= 4 is 21.6 Å². The van der Waals surface area contributed by atoms with Crippen LogP contribution in [0.2, 0.25) is 0 Å². The van der Waals surface area contributed by atoms with Gasteiger partial charge >= 0.3 is 6.18 Å². The van der Waals surface area contributed by atoms with Crippen LogP contribution in [-0.2, 0) is 27.4 Å². The van der Waals surface area contributed by atoms with Gasteiger partial charge in [0, 0.05) is 6.54 Å². The summed E-state index contributed by atoms with van der Waals surface area (Å²) in [4.78, 5) is 12.2. The lowest BCUT2D eigenvalue weighted by Crippen LogP contribution is -2.40. The van der Waals surface area contributed by atoms with E-state index in [1.807, 2.05) is 31.2 Å². The molecule has 0 aliphatic carbocycles. The summed E-state index contributed by atoms with van der Waals surface area (Å²) in [7, 11) is -3.95. The van der Waals surface area contributed by atoms with Gasteiger partial charge in [-0.3, -0.25) is 9.10 Å². The van der Waals surface area contributed by atoms with Gasteiger partial charge in [-0.15, -0.1) is 0 Å². The first kappa shape index (κ1) is 22.7. The number of nitrogens with zero attached hydrogens (tertiary/aromatic N) is 1. The summed E-state index contributed by atoms with van der Waals surface area (Å²) in [6, 6.07) is 11.9. The zero-order chi connectivity index (χ0) is 21.7. The Hall–Kier alpha value is -2.55. The van der Waals surface area contributed by atoms with Crippen LogP contribution in [0.15, 0.2) is 48.5 Å². The highest BCUT2D eigenvalue weighted by atomic mass is 32.2. The van der Waals surface area contributed by atoms with E-state index >= 15 is 0 Å². The number of nitrogens with one attached hydrogen (secondary N) is 1. The highest BCUT2D eigenvalue weighted by Gasteiger charge is 2.31. The average Bonchev–Trinajstić information content (AvgIpc) is 2.63. The quantitative estimate of drug-likeness (QED) is 0.654. The summed E-state index contributed by atoms with van der Waals surface area (Å²) in [5.41, 5.74) is 1.07. The van der Waals surface area contributed by atoms with E-state index in [-0.39, 0.29) is 5.69 Å². The number of hydrogen-bond donors (Lipinski definition) is 1. The molecule has 1 N–H and O–H groups in total. The molecule has 5 nitrogen and oxygen atoms in total. The van der Waals surface area contributed by atoms with Crippen LogP contribution >= 0.6 is 0 Å². The number of aryl methyl sites for hydroxylation is 2. The number of benzene rings is 2. The number of sulfonamides is 1. The second-order valence-electron chi connectivity index (χ2n) is 6.76. The summed E-state index contributed by atoms with van der Waals surface area (Å²) in [5.74, 6) is -0.586. The molecule has 0 unspecified atom stereocenters. The van der Waals surface area contributed by atoms with Crippen LogP contribution < -0.4 is 9.62 Å². The average molecular weight is 428 g/mol. The molecule has 0 heterocycles. The van der Waals surface area contributed by atoms with Gasteiger partial charge in [-0.25, -0.2) is 8.42 Å². The first-order valence-corrected chi connectivity index (χ1v) is 10.8. The summed E-state index contributed by atoms with van der Waals surface area (Å²) >= 11 is 0. The third-order valence-corrected chi connectivity index (χ3v) is 5.37. The van der Waals surface area contributed by atoms with Crippen LogP contribution in [0.5, 0.6) is 0 Å². The zero-order valence-electron chi connectivity index (χ0n) is 16.2. The van der Waals surface area contributed by atoms with E-state index in [0.717, 1.165) is 35.9 Å². The molecule has 0 atom stereocenters. The highest BCUT2D eigenvalue weighted by Crippen LogP contribution is 2.32. The fourth-order valence-corrected chi connectivity index (χ4v) is 3.55. The molecule has 1 amide bonds. The number of amides is 1. The first-order valence-electron chi connectivity index (χ1n) is 8.94. The molecule has 2 aromatic carbocycles. The minimum Gasteiger partial charge on any atom is -0.355 e. The number of carbonyl (C=O) groups is 1. The van der Waals surface area contributed by atoms with Gasteiger partial charge in [0.15, 0.2) is 0 Å². The molecule has 0 radical (unpaired) electrons. The Kier molecular flexibility index (Phi) is 7.29. The Bertz CT molecular complexity index is 942. The molecule has 2 rings (SSSR count). The largest absolute Gasteiger partial charge is 0.416 e. The van der Waals surface area contributed by atoms with Gasteiger partial charge in [0.1, 0.15) is 6.54 Å². The van der Waals surface area contributed by atoms with E-state index in [1.54, 1.807) is 0 Å². The van der Waals surface area contributed by atoms with Crippen LogP contribution in [0.4, 0.5) is 18.9 Å². The second-order valence-corrected chi connectivity index (χ2v) is 8.66. The van der Waals surface area contributed by atoms with Crippen molar-refractivity contribution < 1.29 is 26.4 Å². The maximum atomic E-state index is 12.9. The summed E-state index contributed by atoms with van der Waals surface area (Å²) in [5, 5.41) is 2.61. The number of alkyl halides is 3. The molecular weight excluding hydrogens is 405 g/mol. The van der Waals surface area contributed by atoms with E-state index in [1.165, 1.54) is 6.07 Å². The van der Waals surface area contributed by atoms with Crippen LogP contribution in [0.25, 0.3) is 0 Å². The Morgan fingerprint density at radius 2 is 1.76 bits per heavy atom. The standard InChI is InChI=1S/C20H23F3N2O3S/c1-15-8-10-16(11-9-15)5-4-12-24-19(26)14-25(29(2,27)28)18-7-3-6-17(13-18)20(21,22)23/h3,6-11,13H,4-5,12,14H2,1-2H3,(H,24,26). The number of anilines is 1. The minimum atomic E-state index is -4.61. The molecule has 0 aromatic heterocycles. The summed E-state index contributed by atoms with van der Waals surface area (Å²) < 4.78 is 63.5. The van der Waals surface area contributed by atoms with Gasteiger partial charge in [-0.1, -0.05) is 35.9 Å². The Morgan fingerprint density at radius 3 is 2.34 bits per heavy atom. The summed E-state index contributed by atoms with van der Waals surface area (Å²) in [6.45, 7) is 1.72. The number of rotatable bonds is 8. The first-order chi connectivity index (χ1) is 13.5.